The Hall–Kier alpha value is -1.90. The predicted octanol–water partition coefficient (Wildman–Crippen LogP) is 9.91. The van der Waals surface area contributed by atoms with Gasteiger partial charge in [-0.05, 0) is 24.1 Å². The Balaban J connectivity index is 0.000000616. The van der Waals surface area contributed by atoms with Crippen LogP contribution in [0, 0.1) is 28.7 Å². The van der Waals surface area contributed by atoms with Crippen LogP contribution < -0.4 is 0 Å². The number of ether oxygens (including phenoxy) is 1. The van der Waals surface area contributed by atoms with Crippen LogP contribution in [-0.2, 0) is 33.7 Å². The summed E-state index contributed by atoms with van der Waals surface area (Å²) in [7, 11) is 0. The minimum absolute atomic E-state index is 0. The van der Waals surface area contributed by atoms with E-state index >= 15 is 0 Å². The summed E-state index contributed by atoms with van der Waals surface area (Å²) in [5, 5.41) is 5.32. The van der Waals surface area contributed by atoms with Crippen molar-refractivity contribution in [3.8, 4) is 11.1 Å². The van der Waals surface area contributed by atoms with Crippen LogP contribution in [0.2, 0.25) is 0 Å². The number of hydrogen-bond acceptors (Lipinski definition) is 1. The van der Waals surface area contributed by atoms with Crippen LogP contribution in [0.3, 0.4) is 0 Å². The first-order chi connectivity index (χ1) is 16.5. The van der Waals surface area contributed by atoms with E-state index in [1.54, 1.807) is 0 Å². The van der Waals surface area contributed by atoms with Crippen molar-refractivity contribution in [3.05, 3.63) is 135 Å². The van der Waals surface area contributed by atoms with Crippen LogP contribution in [-0.4, -0.2) is 6.88 Å². The molecule has 0 aliphatic carbocycles. The third-order valence-electron chi connectivity index (χ3n) is 6.38. The van der Waals surface area contributed by atoms with Gasteiger partial charge in [0.05, 0.1) is 6.26 Å². The van der Waals surface area contributed by atoms with E-state index in [2.05, 4.69) is 125 Å². The molecule has 6 rings (SSSR count). The van der Waals surface area contributed by atoms with E-state index in [1.165, 1.54) is 72.7 Å². The van der Waals surface area contributed by atoms with Crippen molar-refractivity contribution in [2.45, 2.75) is 32.8 Å². The van der Waals surface area contributed by atoms with Crippen LogP contribution in [0.15, 0.2) is 103 Å². The molecule has 1 nitrogen and oxygen atoms in total. The van der Waals surface area contributed by atoms with Crippen molar-refractivity contribution < 1.29 is 28.1 Å². The average molecular weight is 639 g/mol. The van der Waals surface area contributed by atoms with Gasteiger partial charge in [0, 0.05) is 6.42 Å². The Kier molecular flexibility index (Phi) is 15.4. The monoisotopic (exact) mass is 636 g/mol. The first kappa shape index (κ1) is 36.1. The molecule has 0 N–H and O–H groups in total. The van der Waals surface area contributed by atoms with Gasteiger partial charge in [-0.15, -0.1) is 93.9 Å². The molecule has 1 atom stereocenters. The molecule has 0 saturated heterocycles. The summed E-state index contributed by atoms with van der Waals surface area (Å²) < 4.78 is 5.76. The Labute approximate surface area is 258 Å². The van der Waals surface area contributed by atoms with Crippen LogP contribution >= 0.6 is 24.8 Å². The zero-order valence-electron chi connectivity index (χ0n) is 22.7. The number of halogens is 2. The molecular formula is C33H36Cl2OSiZr-4. The van der Waals surface area contributed by atoms with Crippen LogP contribution in [0.1, 0.15) is 30.0 Å². The van der Waals surface area contributed by atoms with Gasteiger partial charge in [0.15, 0.2) is 0 Å². The Bertz CT molecular complexity index is 1430. The Morgan fingerprint density at radius 2 is 1.32 bits per heavy atom. The van der Waals surface area contributed by atoms with Gasteiger partial charge in [0.2, 0.25) is 0 Å². The second-order valence-electron chi connectivity index (χ2n) is 8.97. The fourth-order valence-corrected chi connectivity index (χ4v) is 4.79. The molecule has 5 aromatic carbocycles. The SMILES string of the molecule is Cc1cc2c(-c3ccccc3)cccc2[cH-]1.Cc1cc2c(C3(C)CC=CO3)cccc2[cH-]1.Cl.Cl.[CH3-].[CH3-].[Si]=[Zr]. The van der Waals surface area contributed by atoms with Gasteiger partial charge in [-0.1, -0.05) is 61.9 Å². The second-order valence-corrected chi connectivity index (χ2v) is 8.97. The summed E-state index contributed by atoms with van der Waals surface area (Å²) in [5.41, 5.74) is 6.38. The van der Waals surface area contributed by atoms with Crippen molar-refractivity contribution in [3.63, 3.8) is 0 Å². The van der Waals surface area contributed by atoms with E-state index < -0.39 is 0 Å². The summed E-state index contributed by atoms with van der Waals surface area (Å²) in [4.78, 5) is 0. The van der Waals surface area contributed by atoms with E-state index in [0.717, 1.165) is 6.42 Å². The molecule has 1 unspecified atom stereocenters. The molecule has 1 heterocycles. The van der Waals surface area contributed by atoms with Gasteiger partial charge >= 0.3 is 30.2 Å². The molecule has 0 fully saturated rings. The molecule has 38 heavy (non-hydrogen) atoms. The molecule has 0 amide bonds. The van der Waals surface area contributed by atoms with E-state index in [9.17, 15) is 0 Å². The molecule has 1 aliphatic rings. The van der Waals surface area contributed by atoms with Crippen LogP contribution in [0.4, 0.5) is 0 Å². The van der Waals surface area contributed by atoms with Gasteiger partial charge in [-0.25, -0.2) is 0 Å². The van der Waals surface area contributed by atoms with Crippen molar-refractivity contribution in [1.29, 1.82) is 0 Å². The average Bonchev–Trinajstić information content (AvgIpc) is 3.57. The summed E-state index contributed by atoms with van der Waals surface area (Å²) in [6, 6.07) is 32.5. The molecule has 5 heteroatoms. The number of benzene rings is 3. The van der Waals surface area contributed by atoms with Gasteiger partial charge in [0.25, 0.3) is 0 Å². The molecular weight excluding hydrogens is 603 g/mol. The van der Waals surface area contributed by atoms with E-state index in [-0.39, 0.29) is 45.3 Å². The standard InChI is InChI=1S/C16H13.C15H15O.2CH3.2ClH.Si.Zr/c1-12-10-14-8-5-9-15(16(14)11-12)13-6-3-2-4-7-13;1-11-9-12-5-3-6-14(13(12)10-11)15(2)7-4-8-16-15;;;;;;/h2-11H,1H3;3-6,8-10H,7H2,1-2H3;2*1H3;2*1H;;/q4*-1;;;;. The first-order valence-electron chi connectivity index (χ1n) is 11.5. The third kappa shape index (κ3) is 7.82. The Morgan fingerprint density at radius 3 is 1.89 bits per heavy atom. The molecule has 200 valence electrons. The van der Waals surface area contributed by atoms with Gasteiger partial charge < -0.3 is 19.6 Å². The minimum atomic E-state index is -0.180. The first-order valence-corrected chi connectivity index (χ1v) is 15.7. The summed E-state index contributed by atoms with van der Waals surface area (Å²) in [5.74, 6) is 0. The fraction of sp³-hybridized carbons (Fsp3) is 0.152. The van der Waals surface area contributed by atoms with Crippen LogP contribution in [0.25, 0.3) is 32.7 Å². The Morgan fingerprint density at radius 1 is 0.763 bits per heavy atom. The van der Waals surface area contributed by atoms with E-state index in [1.807, 2.05) is 6.26 Å². The van der Waals surface area contributed by atoms with Gasteiger partial charge in [0.1, 0.15) is 5.60 Å². The molecule has 0 bridgehead atoms. The molecule has 0 spiro atoms. The number of aryl methyl sites for hydroxylation is 2. The van der Waals surface area contributed by atoms with Gasteiger partial charge in [-0.2, -0.15) is 12.1 Å². The number of rotatable bonds is 2. The second kappa shape index (κ2) is 16.3. The zero-order chi connectivity index (χ0) is 24.1. The van der Waals surface area contributed by atoms with E-state index in [4.69, 9.17) is 4.74 Å². The molecule has 0 saturated carbocycles. The van der Waals surface area contributed by atoms with Crippen LogP contribution in [0.5, 0.6) is 0 Å². The summed E-state index contributed by atoms with van der Waals surface area (Å²) in [6.45, 7) is 9.51. The molecule has 2 radical (unpaired) electrons. The molecule has 5 aromatic rings. The summed E-state index contributed by atoms with van der Waals surface area (Å²) >= 11 is 1.36. The van der Waals surface area contributed by atoms with Crippen molar-refractivity contribution in [2.24, 2.45) is 0 Å². The summed E-state index contributed by atoms with van der Waals surface area (Å²) in [6.07, 6.45) is 4.86. The maximum absolute atomic E-state index is 5.76. The number of fused-ring (bicyclic) bond motifs is 2. The number of hydrogen-bond donors (Lipinski definition) is 0. The quantitative estimate of drug-likeness (QED) is 0.138. The van der Waals surface area contributed by atoms with Crippen molar-refractivity contribution >= 4 is 53.2 Å². The van der Waals surface area contributed by atoms with Gasteiger partial charge in [-0.3, -0.25) is 0 Å². The third-order valence-corrected chi connectivity index (χ3v) is 6.38. The molecule has 0 aromatic heterocycles. The predicted molar refractivity (Wildman–Crippen MR) is 169 cm³/mol. The zero-order valence-corrected chi connectivity index (χ0v) is 27.8. The van der Waals surface area contributed by atoms with Crippen molar-refractivity contribution in [2.75, 3.05) is 0 Å². The normalized spacial score (nSPS) is 14.7. The topological polar surface area (TPSA) is 9.23 Å². The van der Waals surface area contributed by atoms with E-state index in [0.29, 0.717) is 0 Å². The fourth-order valence-electron chi connectivity index (χ4n) is 4.79. The van der Waals surface area contributed by atoms with Crippen molar-refractivity contribution in [1.82, 2.24) is 0 Å². The molecule has 1 aliphatic heterocycles. The maximum atomic E-state index is 5.76.